The Balaban J connectivity index is 2.39. The fourth-order valence-corrected chi connectivity index (χ4v) is 1.99. The van der Waals surface area contributed by atoms with E-state index < -0.39 is 0 Å². The highest BCUT2D eigenvalue weighted by Crippen LogP contribution is 2.23. The van der Waals surface area contributed by atoms with Crippen LogP contribution in [0.4, 0.5) is 0 Å². The highest BCUT2D eigenvalue weighted by Gasteiger charge is 2.29. The molecule has 0 aromatic carbocycles. The van der Waals surface area contributed by atoms with Crippen LogP contribution in [0.5, 0.6) is 0 Å². The van der Waals surface area contributed by atoms with Crippen molar-refractivity contribution in [1.82, 2.24) is 5.32 Å². The molecule has 1 fully saturated rings. The fraction of sp³-hybridized carbons (Fsp3) is 0.917. The van der Waals surface area contributed by atoms with Crippen LogP contribution in [-0.2, 0) is 9.53 Å². The molecule has 0 aliphatic heterocycles. The summed E-state index contributed by atoms with van der Waals surface area (Å²) in [6.45, 7) is 4.44. The minimum Gasteiger partial charge on any atom is -0.377 e. The van der Waals surface area contributed by atoms with E-state index in [4.69, 9.17) is 10.5 Å². The minimum absolute atomic E-state index is 0.0126. The van der Waals surface area contributed by atoms with Gasteiger partial charge in [0.2, 0.25) is 5.91 Å². The zero-order valence-electron chi connectivity index (χ0n) is 10.6. The van der Waals surface area contributed by atoms with Gasteiger partial charge in [-0.2, -0.15) is 0 Å². The summed E-state index contributed by atoms with van der Waals surface area (Å²) in [6.07, 6.45) is 4.14. The Kier molecular flexibility index (Phi) is 4.74. The quantitative estimate of drug-likeness (QED) is 0.756. The molecule has 1 rings (SSSR count). The molecule has 0 saturated heterocycles. The molecule has 0 spiro atoms. The largest absolute Gasteiger partial charge is 0.377 e. The number of carbonyl (C=O) groups excluding carboxylic acids is 1. The Morgan fingerprint density at radius 1 is 1.44 bits per heavy atom. The molecule has 0 aromatic rings. The summed E-state index contributed by atoms with van der Waals surface area (Å²) in [5.41, 5.74) is 5.65. The van der Waals surface area contributed by atoms with Gasteiger partial charge in [-0.15, -0.1) is 0 Å². The van der Waals surface area contributed by atoms with E-state index in [1.54, 1.807) is 7.11 Å². The lowest BCUT2D eigenvalue weighted by atomic mass is 9.84. The van der Waals surface area contributed by atoms with Crippen LogP contribution in [0.2, 0.25) is 0 Å². The normalized spacial score (nSPS) is 26.5. The monoisotopic (exact) mass is 228 g/mol. The van der Waals surface area contributed by atoms with Crippen molar-refractivity contribution in [3.8, 4) is 0 Å². The smallest absolute Gasteiger partial charge is 0.224 e. The van der Waals surface area contributed by atoms with E-state index in [-0.39, 0.29) is 23.5 Å². The highest BCUT2D eigenvalue weighted by atomic mass is 16.5. The Labute approximate surface area is 97.9 Å². The second kappa shape index (κ2) is 5.64. The Morgan fingerprint density at radius 3 is 2.62 bits per heavy atom. The van der Waals surface area contributed by atoms with E-state index >= 15 is 0 Å². The zero-order valence-corrected chi connectivity index (χ0v) is 10.6. The summed E-state index contributed by atoms with van der Waals surface area (Å²) in [4.78, 5) is 11.9. The van der Waals surface area contributed by atoms with Crippen molar-refractivity contribution in [2.24, 2.45) is 11.7 Å². The van der Waals surface area contributed by atoms with Crippen molar-refractivity contribution in [2.75, 3.05) is 13.7 Å². The van der Waals surface area contributed by atoms with E-state index in [1.807, 2.05) is 13.8 Å². The van der Waals surface area contributed by atoms with Crippen molar-refractivity contribution < 1.29 is 9.53 Å². The number of hydrogen-bond donors (Lipinski definition) is 2. The second-order valence-electron chi connectivity index (χ2n) is 5.24. The Hall–Kier alpha value is -0.610. The van der Waals surface area contributed by atoms with Crippen molar-refractivity contribution >= 4 is 5.91 Å². The molecule has 0 aromatic heterocycles. The molecule has 0 heterocycles. The topological polar surface area (TPSA) is 64.3 Å². The van der Waals surface area contributed by atoms with Crippen LogP contribution < -0.4 is 11.1 Å². The third-order valence-corrected chi connectivity index (χ3v) is 3.40. The van der Waals surface area contributed by atoms with Gasteiger partial charge in [0.1, 0.15) is 0 Å². The summed E-state index contributed by atoms with van der Waals surface area (Å²) in [7, 11) is 1.65. The molecule has 0 radical (unpaired) electrons. The second-order valence-corrected chi connectivity index (χ2v) is 5.24. The maximum Gasteiger partial charge on any atom is 0.224 e. The molecular weight excluding hydrogens is 204 g/mol. The molecule has 0 bridgehead atoms. The fourth-order valence-electron chi connectivity index (χ4n) is 1.99. The van der Waals surface area contributed by atoms with Crippen LogP contribution in [0.1, 0.15) is 39.5 Å². The molecule has 4 nitrogen and oxygen atoms in total. The van der Waals surface area contributed by atoms with E-state index in [9.17, 15) is 4.79 Å². The van der Waals surface area contributed by atoms with Crippen molar-refractivity contribution in [3.63, 3.8) is 0 Å². The number of methoxy groups -OCH3 is 1. The van der Waals surface area contributed by atoms with Crippen LogP contribution in [0, 0.1) is 5.92 Å². The predicted octanol–water partition coefficient (Wildman–Crippen LogP) is 1.05. The van der Waals surface area contributed by atoms with Crippen LogP contribution in [0.15, 0.2) is 0 Å². The number of hydrogen-bond acceptors (Lipinski definition) is 3. The highest BCUT2D eigenvalue weighted by molar-refractivity contribution is 5.79. The van der Waals surface area contributed by atoms with Crippen LogP contribution >= 0.6 is 0 Å². The number of rotatable bonds is 4. The Morgan fingerprint density at radius 2 is 2.06 bits per heavy atom. The van der Waals surface area contributed by atoms with Gasteiger partial charge in [-0.1, -0.05) is 12.8 Å². The van der Waals surface area contributed by atoms with E-state index in [0.717, 1.165) is 25.7 Å². The molecule has 16 heavy (non-hydrogen) atoms. The summed E-state index contributed by atoms with van der Waals surface area (Å²) in [6, 6.07) is 0.0272. The molecule has 1 amide bonds. The van der Waals surface area contributed by atoms with Gasteiger partial charge in [0.25, 0.3) is 0 Å². The van der Waals surface area contributed by atoms with Gasteiger partial charge < -0.3 is 15.8 Å². The van der Waals surface area contributed by atoms with Crippen LogP contribution in [-0.4, -0.2) is 31.2 Å². The number of carbonyl (C=O) groups is 1. The molecule has 3 N–H and O–H groups in total. The maximum atomic E-state index is 11.9. The van der Waals surface area contributed by atoms with Crippen molar-refractivity contribution in [1.29, 1.82) is 0 Å². The van der Waals surface area contributed by atoms with Gasteiger partial charge in [0.05, 0.1) is 11.5 Å². The minimum atomic E-state index is -0.311. The van der Waals surface area contributed by atoms with Crippen molar-refractivity contribution in [3.05, 3.63) is 0 Å². The first-order valence-electron chi connectivity index (χ1n) is 6.05. The molecule has 4 heteroatoms. The van der Waals surface area contributed by atoms with Crippen molar-refractivity contribution in [2.45, 2.75) is 51.2 Å². The average molecular weight is 228 g/mol. The van der Waals surface area contributed by atoms with E-state index in [1.165, 1.54) is 0 Å². The standard InChI is InChI=1S/C12H24N2O2/c1-12(2,16-3)8-14-11(15)9-6-4-5-7-10(9)13/h9-10H,4-8,13H2,1-3H3,(H,14,15). The summed E-state index contributed by atoms with van der Waals surface area (Å²) in [5, 5.41) is 2.93. The zero-order chi connectivity index (χ0) is 12.2. The first kappa shape index (κ1) is 13.5. The third-order valence-electron chi connectivity index (χ3n) is 3.40. The lowest BCUT2D eigenvalue weighted by Crippen LogP contribution is -2.47. The summed E-state index contributed by atoms with van der Waals surface area (Å²) >= 11 is 0. The first-order valence-corrected chi connectivity index (χ1v) is 6.05. The molecule has 2 atom stereocenters. The number of nitrogens with one attached hydrogen (secondary N) is 1. The lowest BCUT2D eigenvalue weighted by molar-refractivity contribution is -0.127. The van der Waals surface area contributed by atoms with Gasteiger partial charge in [-0.05, 0) is 26.7 Å². The average Bonchev–Trinajstić information content (AvgIpc) is 2.27. The molecule has 1 aliphatic carbocycles. The summed E-state index contributed by atoms with van der Waals surface area (Å²) < 4.78 is 5.26. The first-order chi connectivity index (χ1) is 7.46. The SMILES string of the molecule is COC(C)(C)CNC(=O)C1CCCCC1N. The molecule has 1 saturated carbocycles. The molecular formula is C12H24N2O2. The number of nitrogens with two attached hydrogens (primary N) is 1. The lowest BCUT2D eigenvalue weighted by Gasteiger charge is -2.29. The molecule has 2 unspecified atom stereocenters. The van der Waals surface area contributed by atoms with Gasteiger partial charge in [0.15, 0.2) is 0 Å². The van der Waals surface area contributed by atoms with Gasteiger partial charge in [-0.3, -0.25) is 4.79 Å². The molecule has 94 valence electrons. The van der Waals surface area contributed by atoms with E-state index in [0.29, 0.717) is 6.54 Å². The van der Waals surface area contributed by atoms with Gasteiger partial charge >= 0.3 is 0 Å². The van der Waals surface area contributed by atoms with E-state index in [2.05, 4.69) is 5.32 Å². The maximum absolute atomic E-state index is 11.9. The number of amides is 1. The third kappa shape index (κ3) is 3.76. The Bertz CT molecular complexity index is 241. The molecule has 1 aliphatic rings. The number of ether oxygens (including phenoxy) is 1. The van der Waals surface area contributed by atoms with Gasteiger partial charge in [-0.25, -0.2) is 0 Å². The van der Waals surface area contributed by atoms with Crippen LogP contribution in [0.3, 0.4) is 0 Å². The summed E-state index contributed by atoms with van der Waals surface area (Å²) in [5.74, 6) is 0.0683. The van der Waals surface area contributed by atoms with Crippen LogP contribution in [0.25, 0.3) is 0 Å². The predicted molar refractivity (Wildman–Crippen MR) is 64.0 cm³/mol. The van der Waals surface area contributed by atoms with Gasteiger partial charge in [0, 0.05) is 19.7 Å².